The van der Waals surface area contributed by atoms with E-state index in [1.165, 1.54) is 0 Å². The molecule has 0 fully saturated rings. The van der Waals surface area contributed by atoms with E-state index in [1.807, 2.05) is 30.3 Å². The molecule has 0 aliphatic carbocycles. The monoisotopic (exact) mass is 284 g/mol. The second kappa shape index (κ2) is 6.41. The molecule has 1 aliphatic heterocycles. The molecule has 0 radical (unpaired) electrons. The van der Waals surface area contributed by atoms with Crippen molar-refractivity contribution in [1.29, 1.82) is 0 Å². The Hall–Kier alpha value is -2.33. The van der Waals surface area contributed by atoms with Crippen molar-refractivity contribution in [2.75, 3.05) is 13.4 Å². The van der Waals surface area contributed by atoms with Crippen LogP contribution in [0.25, 0.3) is 0 Å². The topological polar surface area (TPSA) is 44.8 Å². The second-order valence-corrected chi connectivity index (χ2v) is 4.78. The SMILES string of the molecule is O=C(CCOCc1ccccc1)c1ccc2c(c1)OCO2. The normalized spacial score (nSPS) is 12.4. The molecule has 0 saturated heterocycles. The van der Waals surface area contributed by atoms with Crippen LogP contribution in [0.4, 0.5) is 0 Å². The highest BCUT2D eigenvalue weighted by Gasteiger charge is 2.15. The number of ketones is 1. The van der Waals surface area contributed by atoms with Gasteiger partial charge in [0.05, 0.1) is 13.2 Å². The molecule has 4 nitrogen and oxygen atoms in total. The number of ether oxygens (including phenoxy) is 3. The average Bonchev–Trinajstić information content (AvgIpc) is 3.00. The van der Waals surface area contributed by atoms with Crippen molar-refractivity contribution in [3.63, 3.8) is 0 Å². The van der Waals surface area contributed by atoms with Crippen LogP contribution in [0.5, 0.6) is 11.5 Å². The lowest BCUT2D eigenvalue weighted by molar-refractivity contribution is 0.0848. The molecular formula is C17H16O4. The minimum Gasteiger partial charge on any atom is -0.454 e. The number of fused-ring (bicyclic) bond motifs is 1. The molecule has 2 aromatic rings. The van der Waals surface area contributed by atoms with E-state index in [9.17, 15) is 4.79 Å². The second-order valence-electron chi connectivity index (χ2n) is 4.78. The summed E-state index contributed by atoms with van der Waals surface area (Å²) in [5, 5.41) is 0. The van der Waals surface area contributed by atoms with Gasteiger partial charge in [0.25, 0.3) is 0 Å². The molecule has 0 bridgehead atoms. The van der Waals surface area contributed by atoms with Crippen molar-refractivity contribution in [2.45, 2.75) is 13.0 Å². The molecule has 0 saturated carbocycles. The van der Waals surface area contributed by atoms with Gasteiger partial charge in [0, 0.05) is 12.0 Å². The van der Waals surface area contributed by atoms with Crippen LogP contribution in [-0.4, -0.2) is 19.2 Å². The third-order valence-electron chi connectivity index (χ3n) is 3.28. The van der Waals surface area contributed by atoms with E-state index in [2.05, 4.69) is 0 Å². The van der Waals surface area contributed by atoms with Crippen LogP contribution in [0, 0.1) is 0 Å². The minimum atomic E-state index is 0.0429. The summed E-state index contributed by atoms with van der Waals surface area (Å²) in [6.45, 7) is 1.14. The number of carbonyl (C=O) groups is 1. The Morgan fingerprint density at radius 1 is 1.05 bits per heavy atom. The number of Topliss-reactive ketones (excluding diaryl/α,β-unsaturated/α-hetero) is 1. The van der Waals surface area contributed by atoms with E-state index >= 15 is 0 Å². The van der Waals surface area contributed by atoms with Gasteiger partial charge < -0.3 is 14.2 Å². The van der Waals surface area contributed by atoms with Crippen LogP contribution in [0.3, 0.4) is 0 Å². The summed E-state index contributed by atoms with van der Waals surface area (Å²) >= 11 is 0. The fraction of sp³-hybridized carbons (Fsp3) is 0.235. The van der Waals surface area contributed by atoms with Crippen molar-refractivity contribution in [3.8, 4) is 11.5 Å². The van der Waals surface area contributed by atoms with Crippen LogP contribution < -0.4 is 9.47 Å². The molecule has 2 aromatic carbocycles. The smallest absolute Gasteiger partial charge is 0.231 e. The molecule has 0 atom stereocenters. The quantitative estimate of drug-likeness (QED) is 0.603. The van der Waals surface area contributed by atoms with Crippen molar-refractivity contribution in [3.05, 3.63) is 59.7 Å². The standard InChI is InChI=1S/C17H16O4/c18-15(8-9-19-11-13-4-2-1-3-5-13)14-6-7-16-17(10-14)21-12-20-16/h1-7,10H,8-9,11-12H2. The van der Waals surface area contributed by atoms with E-state index in [0.717, 1.165) is 5.56 Å². The lowest BCUT2D eigenvalue weighted by Gasteiger charge is -2.05. The number of benzene rings is 2. The van der Waals surface area contributed by atoms with Gasteiger partial charge in [-0.2, -0.15) is 0 Å². The van der Waals surface area contributed by atoms with Crippen LogP contribution in [0.1, 0.15) is 22.3 Å². The Kier molecular flexibility index (Phi) is 4.17. The van der Waals surface area contributed by atoms with Gasteiger partial charge >= 0.3 is 0 Å². The zero-order valence-corrected chi connectivity index (χ0v) is 11.6. The molecule has 0 aromatic heterocycles. The molecule has 21 heavy (non-hydrogen) atoms. The summed E-state index contributed by atoms with van der Waals surface area (Å²) in [5.41, 5.74) is 1.73. The predicted molar refractivity (Wildman–Crippen MR) is 77.6 cm³/mol. The summed E-state index contributed by atoms with van der Waals surface area (Å²) in [7, 11) is 0. The summed E-state index contributed by atoms with van der Waals surface area (Å²) in [6.07, 6.45) is 0.354. The van der Waals surface area contributed by atoms with Crippen LogP contribution in [-0.2, 0) is 11.3 Å². The Bertz CT molecular complexity index is 622. The average molecular weight is 284 g/mol. The lowest BCUT2D eigenvalue weighted by atomic mass is 10.1. The summed E-state index contributed by atoms with van der Waals surface area (Å²) in [6, 6.07) is 15.1. The third-order valence-corrected chi connectivity index (χ3v) is 3.28. The highest BCUT2D eigenvalue weighted by atomic mass is 16.7. The van der Waals surface area contributed by atoms with Gasteiger partial charge in [-0.15, -0.1) is 0 Å². The van der Waals surface area contributed by atoms with Crippen molar-refractivity contribution < 1.29 is 19.0 Å². The van der Waals surface area contributed by atoms with Crippen molar-refractivity contribution in [1.82, 2.24) is 0 Å². The highest BCUT2D eigenvalue weighted by molar-refractivity contribution is 5.96. The Morgan fingerprint density at radius 3 is 2.71 bits per heavy atom. The van der Waals surface area contributed by atoms with Gasteiger partial charge in [-0.3, -0.25) is 4.79 Å². The highest BCUT2D eigenvalue weighted by Crippen LogP contribution is 2.32. The molecule has 4 heteroatoms. The van der Waals surface area contributed by atoms with Gasteiger partial charge in [0.1, 0.15) is 0 Å². The maximum atomic E-state index is 12.1. The van der Waals surface area contributed by atoms with Gasteiger partial charge in [0.15, 0.2) is 17.3 Å². The Morgan fingerprint density at radius 2 is 1.86 bits per heavy atom. The molecule has 0 amide bonds. The number of hydrogen-bond acceptors (Lipinski definition) is 4. The largest absolute Gasteiger partial charge is 0.454 e. The van der Waals surface area contributed by atoms with Crippen molar-refractivity contribution >= 4 is 5.78 Å². The number of rotatable bonds is 6. The summed E-state index contributed by atoms with van der Waals surface area (Å²) < 4.78 is 16.0. The van der Waals surface area contributed by atoms with Crippen LogP contribution in [0.15, 0.2) is 48.5 Å². The van der Waals surface area contributed by atoms with Gasteiger partial charge in [-0.1, -0.05) is 30.3 Å². The Labute approximate surface area is 123 Å². The Balaban J connectivity index is 1.48. The van der Waals surface area contributed by atoms with Crippen LogP contribution in [0.2, 0.25) is 0 Å². The first kappa shape index (κ1) is 13.6. The first-order valence-corrected chi connectivity index (χ1v) is 6.87. The van der Waals surface area contributed by atoms with E-state index in [4.69, 9.17) is 14.2 Å². The fourth-order valence-corrected chi connectivity index (χ4v) is 2.14. The molecule has 0 N–H and O–H groups in total. The van der Waals surface area contributed by atoms with E-state index in [1.54, 1.807) is 18.2 Å². The van der Waals surface area contributed by atoms with Gasteiger partial charge in [0.2, 0.25) is 6.79 Å². The predicted octanol–water partition coefficient (Wildman–Crippen LogP) is 3.20. The first-order valence-electron chi connectivity index (χ1n) is 6.87. The first-order chi connectivity index (χ1) is 10.3. The third kappa shape index (κ3) is 3.41. The lowest BCUT2D eigenvalue weighted by Crippen LogP contribution is -2.05. The zero-order valence-electron chi connectivity index (χ0n) is 11.6. The van der Waals surface area contributed by atoms with E-state index in [-0.39, 0.29) is 12.6 Å². The maximum Gasteiger partial charge on any atom is 0.231 e. The minimum absolute atomic E-state index is 0.0429. The molecule has 108 valence electrons. The van der Waals surface area contributed by atoms with Gasteiger partial charge in [-0.05, 0) is 23.8 Å². The maximum absolute atomic E-state index is 12.1. The molecule has 1 aliphatic rings. The molecule has 3 rings (SSSR count). The molecular weight excluding hydrogens is 268 g/mol. The number of carbonyl (C=O) groups excluding carboxylic acids is 1. The summed E-state index contributed by atoms with van der Waals surface area (Å²) in [4.78, 5) is 12.1. The zero-order chi connectivity index (χ0) is 14.5. The van der Waals surface area contributed by atoms with E-state index < -0.39 is 0 Å². The van der Waals surface area contributed by atoms with E-state index in [0.29, 0.717) is 36.7 Å². The van der Waals surface area contributed by atoms with Crippen molar-refractivity contribution in [2.24, 2.45) is 0 Å². The fourth-order valence-electron chi connectivity index (χ4n) is 2.14. The molecule has 0 spiro atoms. The molecule has 1 heterocycles. The number of hydrogen-bond donors (Lipinski definition) is 0. The summed E-state index contributed by atoms with van der Waals surface area (Å²) in [5.74, 6) is 1.36. The van der Waals surface area contributed by atoms with Crippen LogP contribution >= 0.6 is 0 Å². The molecule has 0 unspecified atom stereocenters. The van der Waals surface area contributed by atoms with Gasteiger partial charge in [-0.25, -0.2) is 0 Å².